The van der Waals surface area contributed by atoms with Crippen LogP contribution < -0.4 is 20.7 Å². The van der Waals surface area contributed by atoms with Gasteiger partial charge < -0.3 is 20.7 Å². The van der Waals surface area contributed by atoms with Crippen molar-refractivity contribution in [3.05, 3.63) is 59.9 Å². The number of halogens is 1. The first-order valence-corrected chi connectivity index (χ1v) is 10.3. The van der Waals surface area contributed by atoms with Crippen LogP contribution in [0.1, 0.15) is 43.6 Å². The molecule has 7 heteroatoms. The first kappa shape index (κ1) is 20.2. The van der Waals surface area contributed by atoms with Gasteiger partial charge in [-0.25, -0.2) is 9.18 Å². The van der Waals surface area contributed by atoms with E-state index in [0.717, 1.165) is 43.4 Å². The first-order chi connectivity index (χ1) is 14.5. The van der Waals surface area contributed by atoms with Crippen molar-refractivity contribution in [2.24, 2.45) is 0 Å². The van der Waals surface area contributed by atoms with Crippen LogP contribution in [0.2, 0.25) is 0 Å². The predicted octanol–water partition coefficient (Wildman–Crippen LogP) is 3.94. The zero-order valence-corrected chi connectivity index (χ0v) is 16.9. The van der Waals surface area contributed by atoms with E-state index >= 15 is 0 Å². The molecule has 1 aliphatic carbocycles. The number of hydrogen-bond donors (Lipinski definition) is 3. The molecule has 2 aromatic carbocycles. The van der Waals surface area contributed by atoms with Gasteiger partial charge in [-0.2, -0.15) is 0 Å². The molecule has 1 heterocycles. The van der Waals surface area contributed by atoms with Crippen LogP contribution in [-0.4, -0.2) is 30.6 Å². The monoisotopic (exact) mass is 411 g/mol. The van der Waals surface area contributed by atoms with E-state index in [-0.39, 0.29) is 23.2 Å². The summed E-state index contributed by atoms with van der Waals surface area (Å²) in [6, 6.07) is 12.0. The summed E-state index contributed by atoms with van der Waals surface area (Å²) in [5.74, 6) is 0.00405. The van der Waals surface area contributed by atoms with Crippen molar-refractivity contribution < 1.29 is 18.7 Å². The Labute approximate surface area is 175 Å². The predicted molar refractivity (Wildman–Crippen MR) is 112 cm³/mol. The van der Waals surface area contributed by atoms with Crippen molar-refractivity contribution in [1.82, 2.24) is 10.6 Å². The lowest BCUT2D eigenvalue weighted by molar-refractivity contribution is -0.121. The average Bonchev–Trinajstić information content (AvgIpc) is 3.00. The molecule has 1 aliphatic heterocycles. The number of anilines is 1. The van der Waals surface area contributed by atoms with E-state index in [1.807, 2.05) is 24.3 Å². The lowest BCUT2D eigenvalue weighted by Crippen LogP contribution is -2.48. The fourth-order valence-electron chi connectivity index (χ4n) is 4.80. The van der Waals surface area contributed by atoms with E-state index in [4.69, 9.17) is 4.74 Å². The molecule has 2 aliphatic rings. The van der Waals surface area contributed by atoms with Gasteiger partial charge in [-0.15, -0.1) is 0 Å². The molecule has 2 atom stereocenters. The molecule has 2 fully saturated rings. The molecular formula is C23H26FN3O3. The molecule has 1 saturated carbocycles. The lowest BCUT2D eigenvalue weighted by Gasteiger charge is -2.39. The minimum atomic E-state index is -0.697. The molecule has 2 unspecified atom stereocenters. The molecule has 2 aromatic rings. The van der Waals surface area contributed by atoms with Crippen LogP contribution in [0, 0.1) is 5.82 Å². The van der Waals surface area contributed by atoms with Gasteiger partial charge in [0.2, 0.25) is 5.91 Å². The summed E-state index contributed by atoms with van der Waals surface area (Å²) in [4.78, 5) is 25.6. The van der Waals surface area contributed by atoms with Gasteiger partial charge in [0.05, 0.1) is 7.11 Å². The third kappa shape index (κ3) is 3.97. The van der Waals surface area contributed by atoms with Crippen LogP contribution >= 0.6 is 0 Å². The normalized spacial score (nSPS) is 22.4. The number of rotatable bonds is 4. The molecule has 158 valence electrons. The number of carbonyl (C=O) groups excluding carboxylic acids is 2. The molecule has 3 amide bonds. The standard InChI is InChI=1S/C23H26FN3O3/c1-30-18-11-5-15(6-12-18)19-20(21(28)27-23(19)13-3-2-4-14-23)26-22(29)25-17-9-7-16(24)8-10-17/h5-12,19-20H,2-4,13-14H2,1H3,(H,27,28)(H2,25,26,29). The highest BCUT2D eigenvalue weighted by atomic mass is 19.1. The smallest absolute Gasteiger partial charge is 0.319 e. The molecule has 6 nitrogen and oxygen atoms in total. The van der Waals surface area contributed by atoms with Crippen molar-refractivity contribution in [3.63, 3.8) is 0 Å². The summed E-state index contributed by atoms with van der Waals surface area (Å²) >= 11 is 0. The first-order valence-electron chi connectivity index (χ1n) is 10.3. The molecule has 0 radical (unpaired) electrons. The Morgan fingerprint density at radius 1 is 1.07 bits per heavy atom. The second-order valence-electron chi connectivity index (χ2n) is 8.04. The van der Waals surface area contributed by atoms with Crippen molar-refractivity contribution >= 4 is 17.6 Å². The maximum atomic E-state index is 13.1. The molecule has 30 heavy (non-hydrogen) atoms. The van der Waals surface area contributed by atoms with Crippen LogP contribution in [-0.2, 0) is 4.79 Å². The second kappa shape index (κ2) is 8.34. The average molecular weight is 411 g/mol. The third-order valence-corrected chi connectivity index (χ3v) is 6.19. The molecule has 0 bridgehead atoms. The molecular weight excluding hydrogens is 385 g/mol. The van der Waals surface area contributed by atoms with E-state index in [2.05, 4.69) is 16.0 Å². The zero-order chi connectivity index (χ0) is 21.1. The second-order valence-corrected chi connectivity index (χ2v) is 8.04. The number of urea groups is 1. The van der Waals surface area contributed by atoms with Gasteiger partial charge in [0.25, 0.3) is 0 Å². The lowest BCUT2D eigenvalue weighted by atomic mass is 9.70. The number of carbonyl (C=O) groups is 2. The van der Waals surface area contributed by atoms with Crippen LogP contribution in [0.15, 0.2) is 48.5 Å². The number of nitrogens with one attached hydrogen (secondary N) is 3. The summed E-state index contributed by atoms with van der Waals surface area (Å²) < 4.78 is 18.4. The van der Waals surface area contributed by atoms with E-state index in [9.17, 15) is 14.0 Å². The summed E-state index contributed by atoms with van der Waals surface area (Å²) in [7, 11) is 1.61. The summed E-state index contributed by atoms with van der Waals surface area (Å²) in [6.07, 6.45) is 5.00. The summed E-state index contributed by atoms with van der Waals surface area (Å²) in [6.45, 7) is 0. The highest BCUT2D eigenvalue weighted by Gasteiger charge is 2.54. The third-order valence-electron chi connectivity index (χ3n) is 6.19. The maximum Gasteiger partial charge on any atom is 0.319 e. The molecule has 1 spiro atoms. The minimum absolute atomic E-state index is 0.174. The van der Waals surface area contributed by atoms with E-state index in [0.29, 0.717) is 5.69 Å². The fourth-order valence-corrected chi connectivity index (χ4v) is 4.80. The number of hydrogen-bond acceptors (Lipinski definition) is 3. The van der Waals surface area contributed by atoms with Crippen LogP contribution in [0.5, 0.6) is 5.75 Å². The maximum absolute atomic E-state index is 13.1. The van der Waals surface area contributed by atoms with Crippen molar-refractivity contribution in [3.8, 4) is 5.75 Å². The van der Waals surface area contributed by atoms with Crippen LogP contribution in [0.3, 0.4) is 0 Å². The van der Waals surface area contributed by atoms with Gasteiger partial charge in [-0.05, 0) is 54.8 Å². The Morgan fingerprint density at radius 2 is 1.73 bits per heavy atom. The fraction of sp³-hybridized carbons (Fsp3) is 0.391. The summed E-state index contributed by atoms with van der Waals surface area (Å²) in [5.41, 5.74) is 1.08. The molecule has 4 rings (SSSR count). The van der Waals surface area contributed by atoms with Gasteiger partial charge in [0, 0.05) is 17.1 Å². The number of benzene rings is 2. The van der Waals surface area contributed by atoms with Gasteiger partial charge >= 0.3 is 6.03 Å². The van der Waals surface area contributed by atoms with Crippen LogP contribution in [0.4, 0.5) is 14.9 Å². The highest BCUT2D eigenvalue weighted by molar-refractivity contribution is 5.96. The molecule has 0 aromatic heterocycles. The quantitative estimate of drug-likeness (QED) is 0.713. The number of amides is 3. The van der Waals surface area contributed by atoms with Crippen molar-refractivity contribution in [2.45, 2.75) is 49.6 Å². The van der Waals surface area contributed by atoms with Crippen molar-refractivity contribution in [2.75, 3.05) is 12.4 Å². The van der Waals surface area contributed by atoms with Gasteiger partial charge in [0.15, 0.2) is 0 Å². The van der Waals surface area contributed by atoms with Crippen LogP contribution in [0.25, 0.3) is 0 Å². The topological polar surface area (TPSA) is 79.5 Å². The van der Waals surface area contributed by atoms with E-state index < -0.39 is 12.1 Å². The Hall–Kier alpha value is -3.09. The van der Waals surface area contributed by atoms with Gasteiger partial charge in [-0.1, -0.05) is 31.4 Å². The molecule has 3 N–H and O–H groups in total. The molecule has 1 saturated heterocycles. The number of methoxy groups -OCH3 is 1. The van der Waals surface area contributed by atoms with Gasteiger partial charge in [0.1, 0.15) is 17.6 Å². The Kier molecular flexibility index (Phi) is 5.61. The van der Waals surface area contributed by atoms with Gasteiger partial charge in [-0.3, -0.25) is 4.79 Å². The van der Waals surface area contributed by atoms with Crippen molar-refractivity contribution in [1.29, 1.82) is 0 Å². The Morgan fingerprint density at radius 3 is 2.37 bits per heavy atom. The summed E-state index contributed by atoms with van der Waals surface area (Å²) in [5, 5.41) is 8.75. The van der Waals surface area contributed by atoms with E-state index in [1.54, 1.807) is 7.11 Å². The SMILES string of the molecule is COc1ccc(C2C(NC(=O)Nc3ccc(F)cc3)C(=O)NC23CCCCC3)cc1. The number of ether oxygens (including phenoxy) is 1. The zero-order valence-electron chi connectivity index (χ0n) is 16.9. The largest absolute Gasteiger partial charge is 0.497 e. The Balaban J connectivity index is 1.59. The van der Waals surface area contributed by atoms with E-state index in [1.165, 1.54) is 24.3 Å². The highest BCUT2D eigenvalue weighted by Crippen LogP contribution is 2.45. The Bertz CT molecular complexity index is 908. The minimum Gasteiger partial charge on any atom is -0.497 e.